The number of hydrogen-bond donors (Lipinski definition) is 1. The topological polar surface area (TPSA) is 55.6 Å². The Bertz CT molecular complexity index is 420. The van der Waals surface area contributed by atoms with Crippen LogP contribution in [0.1, 0.15) is 65.8 Å². The van der Waals surface area contributed by atoms with Gasteiger partial charge in [0.25, 0.3) is 0 Å². The maximum atomic E-state index is 4.23. The summed E-state index contributed by atoms with van der Waals surface area (Å²) in [4.78, 5) is 0. The molecule has 1 heterocycles. The molecule has 1 aromatic rings. The van der Waals surface area contributed by atoms with Gasteiger partial charge in [-0.1, -0.05) is 52.3 Å². The van der Waals surface area contributed by atoms with Crippen molar-refractivity contribution in [3.05, 3.63) is 0 Å². The molecule has 0 aromatic carbocycles. The first-order valence-corrected chi connectivity index (χ1v) is 9.15. The minimum Gasteiger partial charge on any atom is -0.313 e. The molecule has 0 aliphatic heterocycles. The zero-order valence-corrected chi connectivity index (χ0v) is 14.6. The Balaban J connectivity index is 1.95. The van der Waals surface area contributed by atoms with Crippen molar-refractivity contribution >= 4 is 11.8 Å². The quantitative estimate of drug-likeness (QED) is 0.783. The Kier molecular flexibility index (Phi) is 6.05. The molecule has 0 saturated heterocycles. The van der Waals surface area contributed by atoms with E-state index in [1.54, 1.807) is 11.8 Å². The van der Waals surface area contributed by atoms with E-state index in [9.17, 15) is 0 Å². The van der Waals surface area contributed by atoms with E-state index in [1.807, 2.05) is 0 Å². The SMILES string of the molecule is CCCNC(CSc1nnnn1C1CCCC1)C(C)(C)C. The van der Waals surface area contributed by atoms with Gasteiger partial charge in [0.05, 0.1) is 6.04 Å². The summed E-state index contributed by atoms with van der Waals surface area (Å²) in [7, 11) is 0. The summed E-state index contributed by atoms with van der Waals surface area (Å²) in [5, 5.41) is 17.0. The van der Waals surface area contributed by atoms with E-state index < -0.39 is 0 Å². The number of rotatable bonds is 7. The van der Waals surface area contributed by atoms with Crippen molar-refractivity contribution in [1.82, 2.24) is 25.5 Å². The molecule has 0 radical (unpaired) electrons. The molecular weight excluding hydrogens is 282 g/mol. The summed E-state index contributed by atoms with van der Waals surface area (Å²) in [6.07, 6.45) is 6.20. The molecule has 2 rings (SSSR count). The zero-order valence-electron chi connectivity index (χ0n) is 13.8. The summed E-state index contributed by atoms with van der Waals surface area (Å²) < 4.78 is 2.05. The van der Waals surface area contributed by atoms with E-state index in [-0.39, 0.29) is 5.41 Å². The van der Waals surface area contributed by atoms with E-state index in [4.69, 9.17) is 0 Å². The molecule has 6 heteroatoms. The summed E-state index contributed by atoms with van der Waals surface area (Å²) in [5.41, 5.74) is 0.244. The minimum absolute atomic E-state index is 0.244. The van der Waals surface area contributed by atoms with Crippen molar-refractivity contribution in [2.75, 3.05) is 12.3 Å². The maximum Gasteiger partial charge on any atom is 0.209 e. The van der Waals surface area contributed by atoms with Crippen LogP contribution >= 0.6 is 11.8 Å². The lowest BCUT2D eigenvalue weighted by atomic mass is 9.88. The second-order valence-corrected chi connectivity index (χ2v) is 8.02. The largest absolute Gasteiger partial charge is 0.313 e. The van der Waals surface area contributed by atoms with Gasteiger partial charge in [0.1, 0.15) is 0 Å². The third-order valence-corrected chi connectivity index (χ3v) is 5.23. The maximum absolute atomic E-state index is 4.23. The first kappa shape index (κ1) is 16.7. The van der Waals surface area contributed by atoms with Crippen molar-refractivity contribution in [1.29, 1.82) is 0 Å². The van der Waals surface area contributed by atoms with Crippen LogP contribution in [0.2, 0.25) is 0 Å². The van der Waals surface area contributed by atoms with E-state index in [1.165, 1.54) is 25.7 Å². The van der Waals surface area contributed by atoms with Crippen LogP contribution in [0.15, 0.2) is 5.16 Å². The number of aromatic nitrogens is 4. The Labute approximate surface area is 132 Å². The van der Waals surface area contributed by atoms with Crippen molar-refractivity contribution in [3.8, 4) is 0 Å². The Morgan fingerprint density at radius 1 is 1.33 bits per heavy atom. The first-order chi connectivity index (χ1) is 10.0. The lowest BCUT2D eigenvalue weighted by Crippen LogP contribution is -2.42. The lowest BCUT2D eigenvalue weighted by Gasteiger charge is -2.31. The molecule has 1 atom stereocenters. The number of hydrogen-bond acceptors (Lipinski definition) is 5. The number of nitrogens with one attached hydrogen (secondary N) is 1. The van der Waals surface area contributed by atoms with E-state index in [2.05, 4.69) is 53.2 Å². The highest BCUT2D eigenvalue weighted by Gasteiger charge is 2.26. The van der Waals surface area contributed by atoms with Crippen LogP contribution in [0.25, 0.3) is 0 Å². The van der Waals surface area contributed by atoms with Gasteiger partial charge in [-0.3, -0.25) is 0 Å². The second-order valence-electron chi connectivity index (χ2n) is 7.03. The molecule has 1 N–H and O–H groups in total. The summed E-state index contributed by atoms with van der Waals surface area (Å²) in [6.45, 7) is 10.2. The highest BCUT2D eigenvalue weighted by atomic mass is 32.2. The second kappa shape index (κ2) is 7.58. The van der Waals surface area contributed by atoms with Crippen molar-refractivity contribution in [3.63, 3.8) is 0 Å². The Morgan fingerprint density at radius 3 is 2.67 bits per heavy atom. The smallest absolute Gasteiger partial charge is 0.209 e. The van der Waals surface area contributed by atoms with Gasteiger partial charge >= 0.3 is 0 Å². The molecule has 0 bridgehead atoms. The van der Waals surface area contributed by atoms with Crippen molar-refractivity contribution in [2.24, 2.45) is 5.41 Å². The van der Waals surface area contributed by atoms with E-state index in [0.29, 0.717) is 12.1 Å². The first-order valence-electron chi connectivity index (χ1n) is 8.16. The number of nitrogens with zero attached hydrogens (tertiary/aromatic N) is 4. The molecule has 120 valence electrons. The van der Waals surface area contributed by atoms with Crippen LogP contribution in [0.3, 0.4) is 0 Å². The number of thioether (sulfide) groups is 1. The Hall–Kier alpha value is -0.620. The predicted molar refractivity (Wildman–Crippen MR) is 87.6 cm³/mol. The van der Waals surface area contributed by atoms with Crippen LogP contribution in [0.4, 0.5) is 0 Å². The van der Waals surface area contributed by atoms with Crippen LogP contribution in [0.5, 0.6) is 0 Å². The van der Waals surface area contributed by atoms with E-state index in [0.717, 1.165) is 23.9 Å². The molecular formula is C15H29N5S. The van der Waals surface area contributed by atoms with Gasteiger partial charge in [-0.15, -0.1) is 5.10 Å². The molecule has 1 saturated carbocycles. The fourth-order valence-corrected chi connectivity index (χ4v) is 4.10. The molecule has 1 fully saturated rings. The Morgan fingerprint density at radius 2 is 2.05 bits per heavy atom. The molecule has 0 spiro atoms. The van der Waals surface area contributed by atoms with Gasteiger partial charge in [-0.05, 0) is 41.6 Å². The van der Waals surface area contributed by atoms with Gasteiger partial charge in [0, 0.05) is 11.8 Å². The minimum atomic E-state index is 0.244. The molecule has 1 aliphatic rings. The molecule has 1 aromatic heterocycles. The summed E-state index contributed by atoms with van der Waals surface area (Å²) in [5.74, 6) is 1.01. The fraction of sp³-hybridized carbons (Fsp3) is 0.933. The number of tetrazole rings is 1. The normalized spacial score (nSPS) is 18.3. The molecule has 0 amide bonds. The standard InChI is InChI=1S/C15H29N5S/c1-5-10-16-13(15(2,3)4)11-21-14-17-18-19-20(14)12-8-6-7-9-12/h12-13,16H,5-11H2,1-4H3. The average molecular weight is 311 g/mol. The van der Waals surface area contributed by atoms with E-state index >= 15 is 0 Å². The zero-order chi connectivity index (χ0) is 15.3. The third kappa shape index (κ3) is 4.68. The predicted octanol–water partition coefficient (Wildman–Crippen LogP) is 3.29. The van der Waals surface area contributed by atoms with Gasteiger partial charge in [0.15, 0.2) is 0 Å². The van der Waals surface area contributed by atoms with Crippen LogP contribution in [-0.2, 0) is 0 Å². The van der Waals surface area contributed by atoms with Crippen LogP contribution in [-0.4, -0.2) is 38.5 Å². The van der Waals surface area contributed by atoms with Crippen molar-refractivity contribution in [2.45, 2.75) is 77.0 Å². The molecule has 5 nitrogen and oxygen atoms in total. The van der Waals surface area contributed by atoms with Gasteiger partial charge in [-0.2, -0.15) is 0 Å². The molecule has 1 unspecified atom stereocenters. The van der Waals surface area contributed by atoms with Crippen LogP contribution in [0, 0.1) is 5.41 Å². The molecule has 21 heavy (non-hydrogen) atoms. The fourth-order valence-electron chi connectivity index (χ4n) is 2.75. The summed E-state index contributed by atoms with van der Waals surface area (Å²) in [6, 6.07) is 0.982. The molecule has 1 aliphatic carbocycles. The van der Waals surface area contributed by atoms with Crippen LogP contribution < -0.4 is 5.32 Å². The third-order valence-electron chi connectivity index (χ3n) is 4.20. The van der Waals surface area contributed by atoms with Gasteiger partial charge in [-0.25, -0.2) is 4.68 Å². The van der Waals surface area contributed by atoms with Gasteiger partial charge < -0.3 is 5.32 Å². The lowest BCUT2D eigenvalue weighted by molar-refractivity contribution is 0.291. The van der Waals surface area contributed by atoms with Crippen molar-refractivity contribution < 1.29 is 0 Å². The van der Waals surface area contributed by atoms with Gasteiger partial charge in [0.2, 0.25) is 5.16 Å². The highest BCUT2D eigenvalue weighted by Crippen LogP contribution is 2.32. The highest BCUT2D eigenvalue weighted by molar-refractivity contribution is 7.99. The summed E-state index contributed by atoms with van der Waals surface area (Å²) >= 11 is 1.79. The monoisotopic (exact) mass is 311 g/mol. The average Bonchev–Trinajstić information content (AvgIpc) is 3.07.